The summed E-state index contributed by atoms with van der Waals surface area (Å²) in [5.41, 5.74) is 0.633. The fourth-order valence-corrected chi connectivity index (χ4v) is 8.47. The van der Waals surface area contributed by atoms with Gasteiger partial charge in [0.2, 0.25) is 0 Å². The summed E-state index contributed by atoms with van der Waals surface area (Å²) in [5.74, 6) is 0.0969. The van der Waals surface area contributed by atoms with E-state index in [0.29, 0.717) is 11.4 Å². The lowest BCUT2D eigenvalue weighted by Crippen LogP contribution is -2.26. The number of hydrogen-bond donors (Lipinski definition) is 0. The minimum absolute atomic E-state index is 0.164. The first-order chi connectivity index (χ1) is 13.4. The third-order valence-electron chi connectivity index (χ3n) is 3.57. The number of aliphatic imine (C=N–C) groups is 1. The van der Waals surface area contributed by atoms with E-state index >= 15 is 0 Å². The monoisotopic (exact) mass is 440 g/mol. The van der Waals surface area contributed by atoms with Crippen molar-refractivity contribution in [3.05, 3.63) is 60.7 Å². The molecule has 2 rings (SSSR count). The van der Waals surface area contributed by atoms with Crippen LogP contribution in [0.3, 0.4) is 0 Å². The quantitative estimate of drug-likeness (QED) is 0.266. The van der Waals surface area contributed by atoms with E-state index in [4.69, 9.17) is 4.52 Å². The minimum Gasteiger partial charge on any atom is -0.306 e. The average molecular weight is 441 g/mol. The summed E-state index contributed by atoms with van der Waals surface area (Å²) in [4.78, 5) is 4.48. The third kappa shape index (κ3) is 6.48. The minimum atomic E-state index is -3.72. The Morgan fingerprint density at radius 1 is 1.07 bits per heavy atom. The second-order valence-electron chi connectivity index (χ2n) is 5.80. The van der Waals surface area contributed by atoms with Crippen molar-refractivity contribution < 1.29 is 17.5 Å². The second-order valence-corrected chi connectivity index (χ2v) is 12.3. The summed E-state index contributed by atoms with van der Waals surface area (Å²) in [7, 11) is -3.72. The van der Waals surface area contributed by atoms with E-state index in [1.54, 1.807) is 37.3 Å². The maximum Gasteiger partial charge on any atom is 0.355 e. The molecule has 0 aromatic heterocycles. The summed E-state index contributed by atoms with van der Waals surface area (Å²) in [6.07, 6.45) is 2.10. The fourth-order valence-electron chi connectivity index (χ4n) is 2.25. The van der Waals surface area contributed by atoms with E-state index in [1.807, 2.05) is 25.1 Å². The van der Waals surface area contributed by atoms with Crippen molar-refractivity contribution in [2.45, 2.75) is 25.2 Å². The van der Waals surface area contributed by atoms with Gasteiger partial charge < -0.3 is 4.52 Å². The van der Waals surface area contributed by atoms with E-state index in [2.05, 4.69) is 4.99 Å². The van der Waals surface area contributed by atoms with Crippen molar-refractivity contribution in [3.8, 4) is 0 Å². The molecule has 0 heterocycles. The van der Waals surface area contributed by atoms with Gasteiger partial charge in [0.25, 0.3) is 0 Å². The Balaban J connectivity index is 2.39. The highest BCUT2D eigenvalue weighted by Gasteiger charge is 2.34. The van der Waals surface area contributed by atoms with Crippen molar-refractivity contribution in [2.24, 2.45) is 4.99 Å². The van der Waals surface area contributed by atoms with Crippen molar-refractivity contribution in [2.75, 3.05) is 18.2 Å². The van der Waals surface area contributed by atoms with Crippen molar-refractivity contribution in [3.63, 3.8) is 0 Å². The number of hydrogen-bond acceptors (Lipinski definition) is 6. The lowest BCUT2D eigenvalue weighted by Gasteiger charge is -2.28. The molecule has 0 amide bonds. The molecule has 0 aliphatic heterocycles. The smallest absolute Gasteiger partial charge is 0.306 e. The summed E-state index contributed by atoms with van der Waals surface area (Å²) >= 11 is 1.13. The van der Waals surface area contributed by atoms with Crippen LogP contribution >= 0.6 is 18.1 Å². The topological polar surface area (TPSA) is 76.0 Å². The van der Waals surface area contributed by atoms with Gasteiger partial charge in [0.1, 0.15) is 5.88 Å². The lowest BCUT2D eigenvalue weighted by atomic mass is 10.3. The zero-order valence-corrected chi connectivity index (χ0v) is 18.5. The number of nitrogens with zero attached hydrogens (tertiary/aromatic N) is 2. The van der Waals surface area contributed by atoms with Crippen LogP contribution in [0.15, 0.2) is 70.6 Å². The molecular formula is C19H25N2O4PS2. The number of sulfone groups is 1. The van der Waals surface area contributed by atoms with Gasteiger partial charge in [0.05, 0.1) is 23.5 Å². The molecule has 0 fully saturated rings. The number of rotatable bonds is 11. The Kier molecular flexibility index (Phi) is 8.76. The van der Waals surface area contributed by atoms with Crippen molar-refractivity contribution in [1.29, 1.82) is 0 Å². The predicted molar refractivity (Wildman–Crippen MR) is 117 cm³/mol. The fraction of sp³-hybridized carbons (Fsp3) is 0.316. The van der Waals surface area contributed by atoms with Gasteiger partial charge in [-0.15, -0.1) is 0 Å². The zero-order chi connectivity index (χ0) is 20.5. The highest BCUT2D eigenvalue weighted by molar-refractivity contribution is 8.56. The number of benzene rings is 2. The van der Waals surface area contributed by atoms with Crippen molar-refractivity contribution >= 4 is 40.0 Å². The molecule has 0 aliphatic rings. The molecule has 2 aromatic carbocycles. The molecule has 6 nitrogen and oxygen atoms in total. The van der Waals surface area contributed by atoms with Crippen LogP contribution < -0.4 is 0 Å². The molecule has 0 radical (unpaired) electrons. The van der Waals surface area contributed by atoms with Crippen LogP contribution in [0.25, 0.3) is 0 Å². The van der Waals surface area contributed by atoms with Crippen LogP contribution in [0.1, 0.15) is 20.3 Å². The summed E-state index contributed by atoms with van der Waals surface area (Å²) in [5, 5.41) is 0. The molecule has 0 saturated heterocycles. The highest BCUT2D eigenvalue weighted by Crippen LogP contribution is 2.62. The van der Waals surface area contributed by atoms with Gasteiger partial charge in [0, 0.05) is 5.75 Å². The highest BCUT2D eigenvalue weighted by atomic mass is 32.7. The van der Waals surface area contributed by atoms with Crippen LogP contribution in [0.2, 0.25) is 0 Å². The standard InChI is InChI=1S/C19H25N2O4PS2/c1-3-15-27-26(22,25-4-2)21(16-20-18-11-7-5-8-12-18)17-28(23,24)19-13-9-6-10-14-19/h5-14,16H,3-4,15,17H2,1-2H3. The molecule has 0 aliphatic carbocycles. The summed E-state index contributed by atoms with van der Waals surface area (Å²) in [6.45, 7) is 0.423. The van der Waals surface area contributed by atoms with E-state index in [0.717, 1.165) is 17.8 Å². The Labute approximate surface area is 171 Å². The lowest BCUT2D eigenvalue weighted by molar-refractivity contribution is 0.322. The molecule has 0 bridgehead atoms. The maximum atomic E-state index is 13.5. The van der Waals surface area contributed by atoms with E-state index in [9.17, 15) is 13.0 Å². The number of para-hydroxylation sites is 1. The first-order valence-corrected chi connectivity index (χ1v) is 13.8. The second kappa shape index (κ2) is 10.8. The Morgan fingerprint density at radius 3 is 2.25 bits per heavy atom. The van der Waals surface area contributed by atoms with E-state index in [1.165, 1.54) is 23.1 Å². The van der Waals surface area contributed by atoms with Gasteiger partial charge in [-0.05, 0) is 49.0 Å². The Bertz CT molecular complexity index is 906. The molecule has 0 spiro atoms. The maximum absolute atomic E-state index is 13.5. The average Bonchev–Trinajstić information content (AvgIpc) is 2.71. The predicted octanol–water partition coefficient (Wildman–Crippen LogP) is 5.37. The van der Waals surface area contributed by atoms with Crippen molar-refractivity contribution in [1.82, 2.24) is 4.67 Å². The van der Waals surface area contributed by atoms with Gasteiger partial charge in [-0.3, -0.25) is 9.24 Å². The van der Waals surface area contributed by atoms with Gasteiger partial charge in [-0.25, -0.2) is 13.4 Å². The van der Waals surface area contributed by atoms with Crippen LogP contribution in [0.5, 0.6) is 0 Å². The third-order valence-corrected chi connectivity index (χ3v) is 10.2. The molecule has 1 atom stereocenters. The summed E-state index contributed by atoms with van der Waals surface area (Å²) < 4.78 is 46.1. The first-order valence-electron chi connectivity index (χ1n) is 8.94. The normalized spacial score (nSPS) is 14.1. The first kappa shape index (κ1) is 22.7. The van der Waals surface area contributed by atoms with Gasteiger partial charge in [-0.1, -0.05) is 43.3 Å². The van der Waals surface area contributed by atoms with Crippen LogP contribution in [-0.4, -0.2) is 37.7 Å². The van der Waals surface area contributed by atoms with E-state index in [-0.39, 0.29) is 11.5 Å². The molecule has 152 valence electrons. The van der Waals surface area contributed by atoms with Gasteiger partial charge in [0.15, 0.2) is 9.84 Å². The SMILES string of the molecule is CCCSP(=O)(OCC)N(C=Nc1ccccc1)CS(=O)(=O)c1ccccc1. The zero-order valence-electron chi connectivity index (χ0n) is 16.0. The largest absolute Gasteiger partial charge is 0.355 e. The molecule has 0 saturated carbocycles. The molecule has 9 heteroatoms. The summed E-state index contributed by atoms with van der Waals surface area (Å²) in [6, 6.07) is 17.2. The molecular weight excluding hydrogens is 415 g/mol. The molecule has 28 heavy (non-hydrogen) atoms. The molecule has 0 N–H and O–H groups in total. The van der Waals surface area contributed by atoms with Crippen LogP contribution in [0.4, 0.5) is 5.69 Å². The molecule has 1 unspecified atom stereocenters. The Morgan fingerprint density at radius 2 is 1.68 bits per heavy atom. The van der Waals surface area contributed by atoms with Gasteiger partial charge in [-0.2, -0.15) is 0 Å². The van der Waals surface area contributed by atoms with Crippen LogP contribution in [0, 0.1) is 0 Å². The van der Waals surface area contributed by atoms with E-state index < -0.39 is 22.4 Å². The van der Waals surface area contributed by atoms with Gasteiger partial charge >= 0.3 is 6.72 Å². The van der Waals surface area contributed by atoms with Crippen LogP contribution in [-0.2, 0) is 18.9 Å². The Hall–Kier alpha value is -1.60. The molecule has 2 aromatic rings.